The molecule has 0 bridgehead atoms. The Morgan fingerprint density at radius 1 is 1.04 bits per heavy atom. The SMILES string of the molecule is COc1ccc(C(=O)NC2C(c3ccc(C)cc3)C2(C)C)cc1. The molecule has 1 N–H and O–H groups in total. The Hall–Kier alpha value is -2.29. The second kappa shape index (κ2) is 5.73. The molecule has 0 aliphatic heterocycles. The number of aryl methyl sites for hydroxylation is 1. The number of rotatable bonds is 4. The van der Waals surface area contributed by atoms with E-state index in [2.05, 4.69) is 50.4 Å². The summed E-state index contributed by atoms with van der Waals surface area (Å²) in [5.74, 6) is 1.09. The first kappa shape index (κ1) is 15.6. The van der Waals surface area contributed by atoms with E-state index in [-0.39, 0.29) is 17.4 Å². The van der Waals surface area contributed by atoms with Crippen molar-refractivity contribution in [2.45, 2.75) is 32.7 Å². The summed E-state index contributed by atoms with van der Waals surface area (Å²) in [5.41, 5.74) is 3.29. The van der Waals surface area contributed by atoms with Gasteiger partial charge in [0.2, 0.25) is 0 Å². The molecule has 1 saturated carbocycles. The zero-order valence-corrected chi connectivity index (χ0v) is 14.1. The molecular formula is C20H23NO2. The number of nitrogens with one attached hydrogen (secondary N) is 1. The molecule has 0 aromatic heterocycles. The van der Waals surface area contributed by atoms with Gasteiger partial charge in [0.05, 0.1) is 7.11 Å². The highest BCUT2D eigenvalue weighted by molar-refractivity contribution is 5.95. The Kier molecular flexibility index (Phi) is 3.88. The van der Waals surface area contributed by atoms with Crippen molar-refractivity contribution in [3.63, 3.8) is 0 Å². The van der Waals surface area contributed by atoms with Crippen molar-refractivity contribution in [2.75, 3.05) is 7.11 Å². The molecule has 2 atom stereocenters. The molecule has 2 aromatic rings. The van der Waals surface area contributed by atoms with Gasteiger partial charge in [0, 0.05) is 17.5 Å². The minimum atomic E-state index is -0.0275. The highest BCUT2D eigenvalue weighted by Crippen LogP contribution is 2.58. The highest BCUT2D eigenvalue weighted by atomic mass is 16.5. The Morgan fingerprint density at radius 3 is 2.22 bits per heavy atom. The topological polar surface area (TPSA) is 38.3 Å². The third-order valence-corrected chi connectivity index (χ3v) is 4.90. The highest BCUT2D eigenvalue weighted by Gasteiger charge is 2.59. The summed E-state index contributed by atoms with van der Waals surface area (Å²) in [4.78, 5) is 12.5. The smallest absolute Gasteiger partial charge is 0.251 e. The normalized spacial score (nSPS) is 21.6. The molecule has 1 aliphatic rings. The van der Waals surface area contributed by atoms with Crippen LogP contribution in [0.3, 0.4) is 0 Å². The quantitative estimate of drug-likeness (QED) is 0.929. The van der Waals surface area contributed by atoms with Crippen LogP contribution in [0.2, 0.25) is 0 Å². The number of hydrogen-bond acceptors (Lipinski definition) is 2. The largest absolute Gasteiger partial charge is 0.497 e. The molecule has 2 aromatic carbocycles. The van der Waals surface area contributed by atoms with E-state index in [1.807, 2.05) is 12.1 Å². The fourth-order valence-electron chi connectivity index (χ4n) is 3.27. The predicted molar refractivity (Wildman–Crippen MR) is 91.9 cm³/mol. The zero-order valence-electron chi connectivity index (χ0n) is 14.1. The van der Waals surface area contributed by atoms with E-state index in [9.17, 15) is 4.79 Å². The molecule has 0 saturated heterocycles. The van der Waals surface area contributed by atoms with Crippen LogP contribution in [0, 0.1) is 12.3 Å². The lowest BCUT2D eigenvalue weighted by molar-refractivity contribution is 0.0946. The third kappa shape index (κ3) is 2.96. The lowest BCUT2D eigenvalue weighted by Gasteiger charge is -2.07. The number of methoxy groups -OCH3 is 1. The van der Waals surface area contributed by atoms with Crippen molar-refractivity contribution in [2.24, 2.45) is 5.41 Å². The number of benzene rings is 2. The maximum Gasteiger partial charge on any atom is 0.251 e. The van der Waals surface area contributed by atoms with Crippen molar-refractivity contribution in [1.29, 1.82) is 0 Å². The number of carbonyl (C=O) groups excluding carboxylic acids is 1. The van der Waals surface area contributed by atoms with E-state index in [0.717, 1.165) is 5.75 Å². The van der Waals surface area contributed by atoms with Gasteiger partial charge < -0.3 is 10.1 Å². The standard InChI is InChI=1S/C20H23NO2/c1-13-5-7-14(8-6-13)17-18(20(17,2)3)21-19(22)15-9-11-16(23-4)12-10-15/h5-12,17-18H,1-4H3,(H,21,22). The van der Waals surface area contributed by atoms with Crippen LogP contribution < -0.4 is 10.1 Å². The Morgan fingerprint density at radius 2 is 1.65 bits per heavy atom. The predicted octanol–water partition coefficient (Wildman–Crippen LogP) is 3.93. The van der Waals surface area contributed by atoms with Crippen LogP contribution in [0.5, 0.6) is 5.75 Å². The van der Waals surface area contributed by atoms with Gasteiger partial charge in [0.15, 0.2) is 0 Å². The molecule has 23 heavy (non-hydrogen) atoms. The van der Waals surface area contributed by atoms with Gasteiger partial charge in [-0.2, -0.15) is 0 Å². The number of amides is 1. The molecule has 3 nitrogen and oxygen atoms in total. The van der Waals surface area contributed by atoms with Gasteiger partial charge in [0.25, 0.3) is 5.91 Å². The molecule has 2 unspecified atom stereocenters. The van der Waals surface area contributed by atoms with Gasteiger partial charge in [-0.25, -0.2) is 0 Å². The summed E-state index contributed by atoms with van der Waals surface area (Å²) in [5, 5.41) is 3.18. The molecule has 120 valence electrons. The molecule has 3 rings (SSSR count). The summed E-state index contributed by atoms with van der Waals surface area (Å²) >= 11 is 0. The van der Waals surface area contributed by atoms with Gasteiger partial charge >= 0.3 is 0 Å². The monoisotopic (exact) mass is 309 g/mol. The van der Waals surface area contributed by atoms with Crippen LogP contribution in [0.1, 0.15) is 41.3 Å². The van der Waals surface area contributed by atoms with Crippen molar-refractivity contribution in [1.82, 2.24) is 5.32 Å². The Balaban J connectivity index is 1.72. The Labute approximate surface area is 137 Å². The van der Waals surface area contributed by atoms with E-state index in [1.54, 1.807) is 19.2 Å². The summed E-state index contributed by atoms with van der Waals surface area (Å²) < 4.78 is 5.13. The fraction of sp³-hybridized carbons (Fsp3) is 0.350. The molecule has 0 heterocycles. The summed E-state index contributed by atoms with van der Waals surface area (Å²) in [7, 11) is 1.62. The van der Waals surface area contributed by atoms with Crippen molar-refractivity contribution >= 4 is 5.91 Å². The molecule has 1 amide bonds. The maximum atomic E-state index is 12.5. The third-order valence-electron chi connectivity index (χ3n) is 4.90. The second-order valence-corrected chi connectivity index (χ2v) is 6.89. The number of carbonyl (C=O) groups is 1. The van der Waals surface area contributed by atoms with E-state index < -0.39 is 0 Å². The van der Waals surface area contributed by atoms with Crippen molar-refractivity contribution < 1.29 is 9.53 Å². The lowest BCUT2D eigenvalue weighted by atomic mass is 10.0. The van der Waals surface area contributed by atoms with Crippen molar-refractivity contribution in [3.05, 3.63) is 65.2 Å². The van der Waals surface area contributed by atoms with E-state index in [1.165, 1.54) is 11.1 Å². The number of ether oxygens (including phenoxy) is 1. The fourth-order valence-corrected chi connectivity index (χ4v) is 3.27. The molecular weight excluding hydrogens is 286 g/mol. The molecule has 3 heteroatoms. The Bertz CT molecular complexity index is 701. The van der Waals surface area contributed by atoms with Gasteiger partial charge in [-0.1, -0.05) is 43.7 Å². The van der Waals surface area contributed by atoms with Crippen molar-refractivity contribution in [3.8, 4) is 5.75 Å². The van der Waals surface area contributed by atoms with Gasteiger partial charge in [-0.3, -0.25) is 4.79 Å². The minimum absolute atomic E-state index is 0.0275. The summed E-state index contributed by atoms with van der Waals surface area (Å²) in [6, 6.07) is 16.0. The summed E-state index contributed by atoms with van der Waals surface area (Å²) in [6.45, 7) is 6.50. The van der Waals surface area contributed by atoms with Gasteiger partial charge in [-0.15, -0.1) is 0 Å². The average Bonchev–Trinajstić information content (AvgIpc) is 3.08. The zero-order chi connectivity index (χ0) is 16.6. The van der Waals surface area contributed by atoms with Crippen LogP contribution in [0.4, 0.5) is 0 Å². The number of hydrogen-bond donors (Lipinski definition) is 1. The maximum absolute atomic E-state index is 12.5. The van der Waals surface area contributed by atoms with Crippen LogP contribution in [-0.2, 0) is 0 Å². The summed E-state index contributed by atoms with van der Waals surface area (Å²) in [6.07, 6.45) is 0. The van der Waals surface area contributed by atoms with Gasteiger partial charge in [0.1, 0.15) is 5.75 Å². The van der Waals surface area contributed by atoms with Crippen LogP contribution in [0.15, 0.2) is 48.5 Å². The minimum Gasteiger partial charge on any atom is -0.497 e. The van der Waals surface area contributed by atoms with Crippen LogP contribution in [-0.4, -0.2) is 19.1 Å². The van der Waals surface area contributed by atoms with Crippen LogP contribution in [0.25, 0.3) is 0 Å². The average molecular weight is 309 g/mol. The molecule has 0 spiro atoms. The second-order valence-electron chi connectivity index (χ2n) is 6.89. The first-order valence-corrected chi connectivity index (χ1v) is 7.95. The molecule has 0 radical (unpaired) electrons. The first-order chi connectivity index (χ1) is 10.9. The van der Waals surface area contributed by atoms with Gasteiger partial charge in [-0.05, 0) is 42.2 Å². The van der Waals surface area contributed by atoms with E-state index in [0.29, 0.717) is 11.5 Å². The molecule has 1 aliphatic carbocycles. The van der Waals surface area contributed by atoms with E-state index >= 15 is 0 Å². The van der Waals surface area contributed by atoms with Crippen LogP contribution >= 0.6 is 0 Å². The lowest BCUT2D eigenvalue weighted by Crippen LogP contribution is -2.28. The first-order valence-electron chi connectivity index (χ1n) is 7.95. The molecule has 1 fully saturated rings. The van der Waals surface area contributed by atoms with E-state index in [4.69, 9.17) is 4.74 Å².